The summed E-state index contributed by atoms with van der Waals surface area (Å²) in [6, 6.07) is 4.36. The van der Waals surface area contributed by atoms with Crippen molar-refractivity contribution in [3.05, 3.63) is 39.6 Å². The van der Waals surface area contributed by atoms with Crippen molar-refractivity contribution in [2.75, 3.05) is 20.6 Å². The molecule has 1 amide bonds. The molecule has 0 aliphatic carbocycles. The third-order valence-corrected chi connectivity index (χ3v) is 4.73. The number of hydrogen-bond acceptors (Lipinski definition) is 4. The van der Waals surface area contributed by atoms with Crippen molar-refractivity contribution in [1.29, 1.82) is 0 Å². The summed E-state index contributed by atoms with van der Waals surface area (Å²) in [5.74, 6) is 1.01. The van der Waals surface area contributed by atoms with Crippen LogP contribution in [0, 0.1) is 6.92 Å². The lowest BCUT2D eigenvalue weighted by atomic mass is 10.3. The van der Waals surface area contributed by atoms with Crippen molar-refractivity contribution in [2.24, 2.45) is 0 Å². The van der Waals surface area contributed by atoms with Gasteiger partial charge in [0.05, 0.1) is 12.7 Å². The van der Waals surface area contributed by atoms with E-state index in [1.807, 2.05) is 11.3 Å². The Morgan fingerprint density at radius 1 is 1.38 bits per heavy atom. The summed E-state index contributed by atoms with van der Waals surface area (Å²) < 4.78 is 2.05. The van der Waals surface area contributed by atoms with Crippen LogP contribution in [-0.2, 0) is 19.6 Å². The van der Waals surface area contributed by atoms with Gasteiger partial charge in [-0.25, -0.2) is 4.98 Å². The SMILES string of the molecule is Cc1ccc(CN2CCn3c(C(=O)N(C)C)cnc3C2)s1. The summed E-state index contributed by atoms with van der Waals surface area (Å²) in [6.45, 7) is 5.68. The Morgan fingerprint density at radius 2 is 2.19 bits per heavy atom. The van der Waals surface area contributed by atoms with Gasteiger partial charge in [0.25, 0.3) is 5.91 Å². The van der Waals surface area contributed by atoms with Crippen molar-refractivity contribution < 1.29 is 4.79 Å². The maximum Gasteiger partial charge on any atom is 0.271 e. The second kappa shape index (κ2) is 5.61. The van der Waals surface area contributed by atoms with E-state index in [0.717, 1.165) is 32.0 Å². The van der Waals surface area contributed by atoms with Gasteiger partial charge in [-0.2, -0.15) is 0 Å². The number of thiophene rings is 1. The van der Waals surface area contributed by atoms with Crippen LogP contribution < -0.4 is 0 Å². The molecule has 6 heteroatoms. The molecule has 2 aromatic heterocycles. The minimum Gasteiger partial charge on any atom is -0.343 e. The van der Waals surface area contributed by atoms with Crippen molar-refractivity contribution in [2.45, 2.75) is 26.6 Å². The van der Waals surface area contributed by atoms with Gasteiger partial charge in [0.2, 0.25) is 0 Å². The van der Waals surface area contributed by atoms with E-state index in [9.17, 15) is 4.79 Å². The molecule has 0 radical (unpaired) electrons. The monoisotopic (exact) mass is 304 g/mol. The number of fused-ring (bicyclic) bond motifs is 1. The Bertz CT molecular complexity index is 658. The van der Waals surface area contributed by atoms with Crippen LogP contribution in [0.15, 0.2) is 18.3 Å². The van der Waals surface area contributed by atoms with Crippen LogP contribution in [0.25, 0.3) is 0 Å². The molecule has 3 rings (SSSR count). The highest BCUT2D eigenvalue weighted by Gasteiger charge is 2.23. The summed E-state index contributed by atoms with van der Waals surface area (Å²) >= 11 is 1.85. The van der Waals surface area contributed by atoms with E-state index in [1.54, 1.807) is 25.2 Å². The van der Waals surface area contributed by atoms with Crippen molar-refractivity contribution in [3.63, 3.8) is 0 Å². The highest BCUT2D eigenvalue weighted by atomic mass is 32.1. The van der Waals surface area contributed by atoms with Crippen LogP contribution in [0.3, 0.4) is 0 Å². The second-order valence-electron chi connectivity index (χ2n) is 5.63. The highest BCUT2D eigenvalue weighted by molar-refractivity contribution is 7.11. The van der Waals surface area contributed by atoms with Gasteiger partial charge < -0.3 is 9.47 Å². The fraction of sp³-hybridized carbons (Fsp3) is 0.467. The predicted molar refractivity (Wildman–Crippen MR) is 83.4 cm³/mol. The third kappa shape index (κ3) is 2.87. The molecule has 1 aliphatic heterocycles. The predicted octanol–water partition coefficient (Wildman–Crippen LogP) is 1.97. The third-order valence-electron chi connectivity index (χ3n) is 3.74. The zero-order valence-electron chi connectivity index (χ0n) is 12.7. The number of carbonyl (C=O) groups is 1. The Kier molecular flexibility index (Phi) is 3.82. The lowest BCUT2D eigenvalue weighted by Crippen LogP contribution is -2.35. The molecule has 0 unspecified atom stereocenters. The van der Waals surface area contributed by atoms with Crippen LogP contribution in [-0.4, -0.2) is 45.9 Å². The number of rotatable bonds is 3. The van der Waals surface area contributed by atoms with Gasteiger partial charge in [-0.3, -0.25) is 9.69 Å². The summed E-state index contributed by atoms with van der Waals surface area (Å²) in [5, 5.41) is 0. The first kappa shape index (κ1) is 14.3. The molecule has 0 fully saturated rings. The summed E-state index contributed by atoms with van der Waals surface area (Å²) in [4.78, 5) is 23.3. The maximum absolute atomic E-state index is 12.1. The molecule has 0 spiro atoms. The summed E-state index contributed by atoms with van der Waals surface area (Å²) in [7, 11) is 3.55. The second-order valence-corrected chi connectivity index (χ2v) is 7.01. The molecule has 0 saturated carbocycles. The van der Waals surface area contributed by atoms with Crippen LogP contribution in [0.1, 0.15) is 26.1 Å². The first-order valence-electron chi connectivity index (χ1n) is 7.08. The number of carbonyl (C=O) groups excluding carboxylic acids is 1. The first-order chi connectivity index (χ1) is 10.0. The van der Waals surface area contributed by atoms with E-state index in [1.165, 1.54) is 9.75 Å². The van der Waals surface area contributed by atoms with E-state index in [4.69, 9.17) is 0 Å². The average molecular weight is 304 g/mol. The van der Waals surface area contributed by atoms with Gasteiger partial charge in [0, 0.05) is 43.5 Å². The quantitative estimate of drug-likeness (QED) is 0.870. The Morgan fingerprint density at radius 3 is 2.86 bits per heavy atom. The molecule has 112 valence electrons. The van der Waals surface area contributed by atoms with Gasteiger partial charge >= 0.3 is 0 Å². The Labute approximate surface area is 128 Å². The van der Waals surface area contributed by atoms with Crippen LogP contribution in [0.5, 0.6) is 0 Å². The minimum atomic E-state index is 0.0241. The van der Waals surface area contributed by atoms with E-state index in [2.05, 4.69) is 33.5 Å². The standard InChI is InChI=1S/C15H20N4OS/c1-11-4-5-12(21-11)9-18-6-7-19-13(15(20)17(2)3)8-16-14(19)10-18/h4-5,8H,6-7,9-10H2,1-3H3. The topological polar surface area (TPSA) is 41.4 Å². The lowest BCUT2D eigenvalue weighted by molar-refractivity contribution is 0.0812. The van der Waals surface area contributed by atoms with Crippen LogP contribution >= 0.6 is 11.3 Å². The van der Waals surface area contributed by atoms with Gasteiger partial charge in [-0.05, 0) is 19.1 Å². The largest absolute Gasteiger partial charge is 0.343 e. The van der Waals surface area contributed by atoms with Crippen molar-refractivity contribution in [1.82, 2.24) is 19.4 Å². The minimum absolute atomic E-state index is 0.0241. The Balaban J connectivity index is 1.73. The van der Waals surface area contributed by atoms with Gasteiger partial charge in [0.1, 0.15) is 11.5 Å². The summed E-state index contributed by atoms with van der Waals surface area (Å²) in [6.07, 6.45) is 1.70. The highest BCUT2D eigenvalue weighted by Crippen LogP contribution is 2.21. The molecular formula is C15H20N4OS. The fourth-order valence-electron chi connectivity index (χ4n) is 2.64. The Hall–Kier alpha value is -1.66. The number of aryl methyl sites for hydroxylation is 1. The number of aromatic nitrogens is 2. The zero-order chi connectivity index (χ0) is 15.0. The molecule has 0 aromatic carbocycles. The van der Waals surface area contributed by atoms with E-state index < -0.39 is 0 Å². The van der Waals surface area contributed by atoms with Crippen molar-refractivity contribution >= 4 is 17.2 Å². The summed E-state index contributed by atoms with van der Waals surface area (Å²) in [5.41, 5.74) is 0.696. The van der Waals surface area contributed by atoms with Gasteiger partial charge in [0.15, 0.2) is 0 Å². The van der Waals surface area contributed by atoms with Crippen LogP contribution in [0.2, 0.25) is 0 Å². The number of nitrogens with zero attached hydrogens (tertiary/aromatic N) is 4. The van der Waals surface area contributed by atoms with Crippen molar-refractivity contribution in [3.8, 4) is 0 Å². The molecule has 2 aromatic rings. The lowest BCUT2D eigenvalue weighted by Gasteiger charge is -2.28. The van der Waals surface area contributed by atoms with E-state index >= 15 is 0 Å². The molecule has 0 atom stereocenters. The zero-order valence-corrected chi connectivity index (χ0v) is 13.5. The molecule has 0 saturated heterocycles. The maximum atomic E-state index is 12.1. The molecule has 21 heavy (non-hydrogen) atoms. The van der Waals surface area contributed by atoms with Gasteiger partial charge in [-0.1, -0.05) is 0 Å². The average Bonchev–Trinajstić information content (AvgIpc) is 3.04. The first-order valence-corrected chi connectivity index (χ1v) is 7.90. The molecule has 3 heterocycles. The molecule has 0 bridgehead atoms. The molecular weight excluding hydrogens is 284 g/mol. The van der Waals surface area contributed by atoms with E-state index in [0.29, 0.717) is 5.69 Å². The van der Waals surface area contributed by atoms with Crippen LogP contribution in [0.4, 0.5) is 0 Å². The molecule has 5 nitrogen and oxygen atoms in total. The number of amides is 1. The number of hydrogen-bond donors (Lipinski definition) is 0. The van der Waals surface area contributed by atoms with E-state index in [-0.39, 0.29) is 5.91 Å². The molecule has 1 aliphatic rings. The fourth-order valence-corrected chi connectivity index (χ4v) is 3.57. The van der Waals surface area contributed by atoms with Gasteiger partial charge in [-0.15, -0.1) is 11.3 Å². The molecule has 0 N–H and O–H groups in total. The smallest absolute Gasteiger partial charge is 0.271 e. The normalized spacial score (nSPS) is 15.0. The number of imidazole rings is 1.